The minimum Gasteiger partial charge on any atom is -0.493 e. The number of anilines is 2. The fourth-order valence-electron chi connectivity index (χ4n) is 2.47. The maximum atomic E-state index is 6.09. The van der Waals surface area contributed by atoms with Crippen LogP contribution in [0.3, 0.4) is 0 Å². The summed E-state index contributed by atoms with van der Waals surface area (Å²) in [5.74, 6) is 2.37. The third kappa shape index (κ3) is 2.95. The molecular formula is C14H20ClN5O2. The molecule has 0 amide bonds. The first-order valence-corrected chi connectivity index (χ1v) is 6.88. The maximum absolute atomic E-state index is 6.09. The second kappa shape index (κ2) is 6.85. The lowest BCUT2D eigenvalue weighted by Gasteiger charge is -2.27. The van der Waals surface area contributed by atoms with Crippen molar-refractivity contribution in [2.24, 2.45) is 0 Å². The molecule has 3 rings (SSSR count). The Bertz CT molecular complexity index is 661. The Hall–Kier alpha value is -1.99. The van der Waals surface area contributed by atoms with Crippen LogP contribution in [0, 0.1) is 0 Å². The maximum Gasteiger partial charge on any atom is 0.227 e. The predicted octanol–water partition coefficient (Wildman–Crippen LogP) is 1.06. The van der Waals surface area contributed by atoms with Crippen molar-refractivity contribution < 1.29 is 9.47 Å². The van der Waals surface area contributed by atoms with Gasteiger partial charge >= 0.3 is 0 Å². The molecule has 8 heteroatoms. The summed E-state index contributed by atoms with van der Waals surface area (Å²) in [5.41, 5.74) is 6.85. The van der Waals surface area contributed by atoms with Gasteiger partial charge in [-0.05, 0) is 6.07 Å². The van der Waals surface area contributed by atoms with E-state index in [1.165, 1.54) is 0 Å². The fourth-order valence-corrected chi connectivity index (χ4v) is 2.47. The Morgan fingerprint density at radius 2 is 1.73 bits per heavy atom. The number of piperazine rings is 1. The number of nitrogens with zero attached hydrogens (tertiary/aromatic N) is 3. The van der Waals surface area contributed by atoms with Crippen molar-refractivity contribution in [3.8, 4) is 11.5 Å². The summed E-state index contributed by atoms with van der Waals surface area (Å²) in [6, 6.07) is 3.64. The number of methoxy groups -OCH3 is 2. The van der Waals surface area contributed by atoms with E-state index in [-0.39, 0.29) is 12.4 Å². The highest BCUT2D eigenvalue weighted by molar-refractivity contribution is 5.91. The molecule has 120 valence electrons. The Morgan fingerprint density at radius 1 is 1.09 bits per heavy atom. The van der Waals surface area contributed by atoms with Crippen LogP contribution in [0.25, 0.3) is 10.9 Å². The molecule has 1 aliphatic rings. The molecule has 0 atom stereocenters. The Morgan fingerprint density at radius 3 is 2.36 bits per heavy atom. The van der Waals surface area contributed by atoms with Gasteiger partial charge in [0.15, 0.2) is 11.5 Å². The second-order valence-corrected chi connectivity index (χ2v) is 4.87. The summed E-state index contributed by atoms with van der Waals surface area (Å²) in [4.78, 5) is 11.2. The number of benzene rings is 1. The Balaban J connectivity index is 0.00000176. The minimum atomic E-state index is 0. The molecule has 1 fully saturated rings. The molecule has 0 spiro atoms. The molecule has 7 nitrogen and oxygen atoms in total. The summed E-state index contributed by atoms with van der Waals surface area (Å²) in [7, 11) is 3.20. The third-order valence-corrected chi connectivity index (χ3v) is 3.62. The van der Waals surface area contributed by atoms with Gasteiger partial charge in [0.25, 0.3) is 0 Å². The number of aromatic nitrogens is 2. The zero-order chi connectivity index (χ0) is 14.8. The van der Waals surface area contributed by atoms with Gasteiger partial charge in [-0.25, -0.2) is 4.98 Å². The zero-order valence-electron chi connectivity index (χ0n) is 12.6. The molecule has 0 aliphatic carbocycles. The summed E-state index contributed by atoms with van der Waals surface area (Å²) < 4.78 is 10.6. The van der Waals surface area contributed by atoms with Crippen molar-refractivity contribution in [3.05, 3.63) is 12.1 Å². The molecule has 1 saturated heterocycles. The predicted molar refractivity (Wildman–Crippen MR) is 89.4 cm³/mol. The number of ether oxygens (including phenoxy) is 2. The lowest BCUT2D eigenvalue weighted by Crippen LogP contribution is -2.44. The summed E-state index contributed by atoms with van der Waals surface area (Å²) in [6.07, 6.45) is 0. The van der Waals surface area contributed by atoms with E-state index in [2.05, 4.69) is 20.2 Å². The first-order valence-electron chi connectivity index (χ1n) is 6.88. The Labute approximate surface area is 135 Å². The molecule has 1 aliphatic heterocycles. The van der Waals surface area contributed by atoms with Gasteiger partial charge in [0, 0.05) is 37.6 Å². The second-order valence-electron chi connectivity index (χ2n) is 4.87. The highest BCUT2D eigenvalue weighted by Gasteiger charge is 2.16. The molecule has 2 aromatic rings. The van der Waals surface area contributed by atoms with Crippen LogP contribution in [0.2, 0.25) is 0 Å². The number of nitrogens with one attached hydrogen (secondary N) is 1. The van der Waals surface area contributed by atoms with Gasteiger partial charge < -0.3 is 25.4 Å². The van der Waals surface area contributed by atoms with Gasteiger partial charge in [0.05, 0.1) is 19.7 Å². The number of nitrogen functional groups attached to an aromatic ring is 1. The monoisotopic (exact) mass is 325 g/mol. The number of rotatable bonds is 3. The van der Waals surface area contributed by atoms with Gasteiger partial charge in [-0.1, -0.05) is 0 Å². The van der Waals surface area contributed by atoms with E-state index in [0.29, 0.717) is 23.3 Å². The molecule has 0 bridgehead atoms. The molecule has 0 saturated carbocycles. The van der Waals surface area contributed by atoms with E-state index in [9.17, 15) is 0 Å². The summed E-state index contributed by atoms with van der Waals surface area (Å²) in [5, 5.41) is 4.07. The quantitative estimate of drug-likeness (QED) is 0.872. The molecule has 22 heavy (non-hydrogen) atoms. The van der Waals surface area contributed by atoms with Gasteiger partial charge in [0.1, 0.15) is 5.82 Å². The summed E-state index contributed by atoms with van der Waals surface area (Å²) >= 11 is 0. The third-order valence-electron chi connectivity index (χ3n) is 3.62. The van der Waals surface area contributed by atoms with E-state index in [0.717, 1.165) is 37.1 Å². The largest absolute Gasteiger partial charge is 0.493 e. The number of fused-ring (bicyclic) bond motifs is 1. The SMILES string of the molecule is COc1cc2nc(N3CCNCC3)nc(N)c2cc1OC.Cl. The Kier molecular flexibility index (Phi) is 5.10. The van der Waals surface area contributed by atoms with Crippen molar-refractivity contribution in [1.29, 1.82) is 0 Å². The average molecular weight is 326 g/mol. The first kappa shape index (κ1) is 16.4. The van der Waals surface area contributed by atoms with Crippen molar-refractivity contribution in [3.63, 3.8) is 0 Å². The molecular weight excluding hydrogens is 306 g/mol. The average Bonchev–Trinajstić information content (AvgIpc) is 2.54. The van der Waals surface area contributed by atoms with E-state index in [4.69, 9.17) is 15.2 Å². The van der Waals surface area contributed by atoms with Gasteiger partial charge in [-0.3, -0.25) is 0 Å². The smallest absolute Gasteiger partial charge is 0.227 e. The number of halogens is 1. The topological polar surface area (TPSA) is 85.5 Å². The van der Waals surface area contributed by atoms with Crippen LogP contribution in [-0.2, 0) is 0 Å². The van der Waals surface area contributed by atoms with Gasteiger partial charge in [-0.15, -0.1) is 12.4 Å². The molecule has 1 aromatic heterocycles. The normalized spacial score (nSPS) is 14.5. The molecule has 0 radical (unpaired) electrons. The molecule has 1 aromatic carbocycles. The van der Waals surface area contributed by atoms with Crippen LogP contribution in [-0.4, -0.2) is 50.4 Å². The van der Waals surface area contributed by atoms with E-state index >= 15 is 0 Å². The van der Waals surface area contributed by atoms with Crippen LogP contribution in [0.1, 0.15) is 0 Å². The minimum absolute atomic E-state index is 0. The van der Waals surface area contributed by atoms with Gasteiger partial charge in [-0.2, -0.15) is 4.98 Å². The van der Waals surface area contributed by atoms with E-state index in [1.54, 1.807) is 14.2 Å². The van der Waals surface area contributed by atoms with Crippen LogP contribution >= 0.6 is 12.4 Å². The molecule has 2 heterocycles. The van der Waals surface area contributed by atoms with Crippen molar-refractivity contribution in [2.75, 3.05) is 51.0 Å². The van der Waals surface area contributed by atoms with Gasteiger partial charge in [0.2, 0.25) is 5.95 Å². The van der Waals surface area contributed by atoms with Crippen LogP contribution in [0.15, 0.2) is 12.1 Å². The zero-order valence-corrected chi connectivity index (χ0v) is 13.4. The van der Waals surface area contributed by atoms with Crippen LogP contribution in [0.5, 0.6) is 11.5 Å². The highest BCUT2D eigenvalue weighted by Crippen LogP contribution is 2.34. The lowest BCUT2D eigenvalue weighted by molar-refractivity contribution is 0.356. The molecule has 3 N–H and O–H groups in total. The fraction of sp³-hybridized carbons (Fsp3) is 0.429. The molecule has 0 unspecified atom stereocenters. The highest BCUT2D eigenvalue weighted by atomic mass is 35.5. The summed E-state index contributed by atoms with van der Waals surface area (Å²) in [6.45, 7) is 3.59. The standard InChI is InChI=1S/C14H19N5O2.ClH/c1-20-11-7-9-10(8-12(11)21-2)17-14(18-13(9)15)19-5-3-16-4-6-19;/h7-8,16H,3-6H2,1-2H3,(H2,15,17,18);1H. The van der Waals surface area contributed by atoms with Crippen LogP contribution < -0.4 is 25.4 Å². The number of hydrogen-bond acceptors (Lipinski definition) is 7. The van der Waals surface area contributed by atoms with Crippen LogP contribution in [0.4, 0.5) is 11.8 Å². The van der Waals surface area contributed by atoms with Crippen molar-refractivity contribution >= 4 is 35.1 Å². The first-order chi connectivity index (χ1) is 10.2. The van der Waals surface area contributed by atoms with Crippen molar-refractivity contribution in [2.45, 2.75) is 0 Å². The van der Waals surface area contributed by atoms with E-state index in [1.807, 2.05) is 12.1 Å². The lowest BCUT2D eigenvalue weighted by atomic mass is 10.2. The number of hydrogen-bond donors (Lipinski definition) is 2. The van der Waals surface area contributed by atoms with Crippen molar-refractivity contribution in [1.82, 2.24) is 15.3 Å². The number of nitrogens with two attached hydrogens (primary N) is 1. The van der Waals surface area contributed by atoms with E-state index < -0.39 is 0 Å².